The highest BCUT2D eigenvalue weighted by Gasteiger charge is 2.16. The van der Waals surface area contributed by atoms with Crippen molar-refractivity contribution < 1.29 is 19.1 Å². The maximum Gasteiger partial charge on any atom is 0.329 e. The van der Waals surface area contributed by atoms with Crippen LogP contribution in [0.25, 0.3) is 0 Å². The van der Waals surface area contributed by atoms with Crippen LogP contribution in [0.4, 0.5) is 0 Å². The largest absolute Gasteiger partial charge is 0.454 e. The molecule has 0 aliphatic carbocycles. The van der Waals surface area contributed by atoms with Crippen LogP contribution in [0.2, 0.25) is 0 Å². The lowest BCUT2D eigenvalue weighted by Gasteiger charge is -2.18. The third-order valence-corrected chi connectivity index (χ3v) is 4.25. The summed E-state index contributed by atoms with van der Waals surface area (Å²) in [6, 6.07) is 13.2. The van der Waals surface area contributed by atoms with Crippen LogP contribution in [-0.4, -0.2) is 24.8 Å². The zero-order chi connectivity index (χ0) is 20.1. The van der Waals surface area contributed by atoms with Crippen molar-refractivity contribution in [2.45, 2.75) is 32.7 Å². The van der Waals surface area contributed by atoms with Crippen molar-refractivity contribution in [1.29, 1.82) is 0 Å². The third kappa shape index (κ3) is 4.88. The number of ether oxygens (including phenoxy) is 2. The fraction of sp³-hybridized carbons (Fsp3) is 0.286. The van der Waals surface area contributed by atoms with Gasteiger partial charge in [0.05, 0.1) is 6.21 Å². The minimum atomic E-state index is -0.830. The van der Waals surface area contributed by atoms with E-state index in [1.807, 2.05) is 24.3 Å². The minimum Gasteiger partial charge on any atom is -0.454 e. The molecule has 0 spiro atoms. The molecule has 2 aromatic carbocycles. The lowest BCUT2D eigenvalue weighted by atomic mass is 9.87. The summed E-state index contributed by atoms with van der Waals surface area (Å²) in [6.45, 7) is 6.79. The Balaban J connectivity index is 1.47. The summed E-state index contributed by atoms with van der Waals surface area (Å²) in [5, 5.41) is 6.38. The first kappa shape index (κ1) is 19.4. The van der Waals surface area contributed by atoms with E-state index in [0.29, 0.717) is 11.5 Å². The number of rotatable bonds is 4. The van der Waals surface area contributed by atoms with E-state index in [1.165, 1.54) is 11.8 Å². The van der Waals surface area contributed by atoms with E-state index in [2.05, 4.69) is 36.6 Å². The van der Waals surface area contributed by atoms with Crippen molar-refractivity contribution in [3.8, 4) is 11.5 Å². The molecule has 1 aliphatic heterocycles. The lowest BCUT2D eigenvalue weighted by Crippen LogP contribution is -2.37. The van der Waals surface area contributed by atoms with Crippen LogP contribution in [-0.2, 0) is 21.5 Å². The molecule has 2 amide bonds. The molecule has 7 heteroatoms. The Bertz CT molecular complexity index is 899. The number of nitrogens with zero attached hydrogens (tertiary/aromatic N) is 1. The van der Waals surface area contributed by atoms with Gasteiger partial charge in [0.25, 0.3) is 0 Å². The van der Waals surface area contributed by atoms with E-state index < -0.39 is 11.8 Å². The zero-order valence-electron chi connectivity index (χ0n) is 16.1. The average molecular weight is 381 g/mol. The van der Waals surface area contributed by atoms with Crippen LogP contribution in [0.3, 0.4) is 0 Å². The van der Waals surface area contributed by atoms with E-state index in [1.54, 1.807) is 18.2 Å². The van der Waals surface area contributed by atoms with E-state index >= 15 is 0 Å². The minimum absolute atomic E-state index is 0.0694. The smallest absolute Gasteiger partial charge is 0.329 e. The first-order chi connectivity index (χ1) is 13.3. The highest BCUT2D eigenvalue weighted by molar-refractivity contribution is 6.35. The summed E-state index contributed by atoms with van der Waals surface area (Å²) < 4.78 is 10.5. The predicted octanol–water partition coefficient (Wildman–Crippen LogP) is 2.48. The van der Waals surface area contributed by atoms with E-state index in [9.17, 15) is 9.59 Å². The van der Waals surface area contributed by atoms with Gasteiger partial charge in [-0.15, -0.1) is 0 Å². The SMILES string of the molecule is CC(C)(C)c1ccc(/C=N/NC(=O)C(=O)NCc2ccc3c(c2)OCO3)cc1. The number of carbonyl (C=O) groups excluding carboxylic acids is 2. The van der Waals surface area contributed by atoms with Gasteiger partial charge < -0.3 is 14.8 Å². The Morgan fingerprint density at radius 3 is 2.46 bits per heavy atom. The second kappa shape index (κ2) is 8.12. The highest BCUT2D eigenvalue weighted by Crippen LogP contribution is 2.32. The molecule has 0 bridgehead atoms. The van der Waals surface area contributed by atoms with Gasteiger partial charge >= 0.3 is 11.8 Å². The van der Waals surface area contributed by atoms with E-state index in [-0.39, 0.29) is 18.8 Å². The lowest BCUT2D eigenvalue weighted by molar-refractivity contribution is -0.139. The molecule has 2 N–H and O–H groups in total. The molecule has 28 heavy (non-hydrogen) atoms. The van der Waals surface area contributed by atoms with Crippen molar-refractivity contribution in [1.82, 2.24) is 10.7 Å². The molecule has 0 saturated heterocycles. The van der Waals surface area contributed by atoms with Crippen LogP contribution >= 0.6 is 0 Å². The molecule has 3 rings (SSSR count). The van der Waals surface area contributed by atoms with Gasteiger partial charge in [0.2, 0.25) is 6.79 Å². The second-order valence-electron chi connectivity index (χ2n) is 7.44. The summed E-state index contributed by atoms with van der Waals surface area (Å²) in [7, 11) is 0. The molecular formula is C21H23N3O4. The standard InChI is InChI=1S/C21H23N3O4/c1-21(2,3)16-7-4-14(5-8-16)12-23-24-20(26)19(25)22-11-15-6-9-17-18(10-15)28-13-27-17/h4-10,12H,11,13H2,1-3H3,(H,22,25)(H,24,26)/b23-12+. The Kier molecular flexibility index (Phi) is 5.63. The number of amides is 2. The monoisotopic (exact) mass is 381 g/mol. The van der Waals surface area contributed by atoms with E-state index in [0.717, 1.165) is 11.1 Å². The normalized spacial score (nSPS) is 12.8. The Hall–Kier alpha value is -3.35. The molecule has 0 radical (unpaired) electrons. The van der Waals surface area contributed by atoms with Gasteiger partial charge in [-0.3, -0.25) is 9.59 Å². The first-order valence-corrected chi connectivity index (χ1v) is 8.93. The van der Waals surface area contributed by atoms with Crippen molar-refractivity contribution in [3.05, 3.63) is 59.2 Å². The van der Waals surface area contributed by atoms with Gasteiger partial charge in [0.15, 0.2) is 11.5 Å². The van der Waals surface area contributed by atoms with Gasteiger partial charge in [-0.05, 0) is 34.2 Å². The summed E-state index contributed by atoms with van der Waals surface area (Å²) in [5.41, 5.74) is 5.13. The summed E-state index contributed by atoms with van der Waals surface area (Å²) in [6.07, 6.45) is 1.50. The van der Waals surface area contributed by atoms with Crippen LogP contribution in [0, 0.1) is 0 Å². The number of nitrogens with one attached hydrogen (secondary N) is 2. The van der Waals surface area contributed by atoms with Crippen LogP contribution in [0.15, 0.2) is 47.6 Å². The molecule has 0 fully saturated rings. The molecular weight excluding hydrogens is 358 g/mol. The van der Waals surface area contributed by atoms with Gasteiger partial charge in [0, 0.05) is 6.54 Å². The van der Waals surface area contributed by atoms with Crippen molar-refractivity contribution >= 4 is 18.0 Å². The number of hydrogen-bond acceptors (Lipinski definition) is 5. The Morgan fingerprint density at radius 2 is 1.75 bits per heavy atom. The Labute approximate surface area is 163 Å². The fourth-order valence-corrected chi connectivity index (χ4v) is 2.60. The number of hydrazone groups is 1. The second-order valence-corrected chi connectivity index (χ2v) is 7.44. The summed E-state index contributed by atoms with van der Waals surface area (Å²) >= 11 is 0. The fourth-order valence-electron chi connectivity index (χ4n) is 2.60. The predicted molar refractivity (Wildman–Crippen MR) is 105 cm³/mol. The number of fused-ring (bicyclic) bond motifs is 1. The summed E-state index contributed by atoms with van der Waals surface area (Å²) in [5.74, 6) is -0.308. The van der Waals surface area contributed by atoms with Gasteiger partial charge in [-0.25, -0.2) is 5.43 Å². The molecule has 0 atom stereocenters. The molecule has 0 aromatic heterocycles. The maximum absolute atomic E-state index is 11.9. The number of benzene rings is 2. The molecule has 146 valence electrons. The van der Waals surface area contributed by atoms with Crippen LogP contribution < -0.4 is 20.2 Å². The molecule has 2 aromatic rings. The van der Waals surface area contributed by atoms with Gasteiger partial charge in [-0.1, -0.05) is 51.1 Å². The van der Waals surface area contributed by atoms with Gasteiger partial charge in [-0.2, -0.15) is 5.10 Å². The molecule has 0 saturated carbocycles. The maximum atomic E-state index is 11.9. The summed E-state index contributed by atoms with van der Waals surface area (Å²) in [4.78, 5) is 23.7. The van der Waals surface area contributed by atoms with Gasteiger partial charge in [0.1, 0.15) is 0 Å². The molecule has 1 aliphatic rings. The topological polar surface area (TPSA) is 89.0 Å². The number of hydrogen-bond donors (Lipinski definition) is 2. The zero-order valence-corrected chi connectivity index (χ0v) is 16.1. The van der Waals surface area contributed by atoms with Crippen molar-refractivity contribution in [2.75, 3.05) is 6.79 Å². The van der Waals surface area contributed by atoms with Crippen LogP contribution in [0.5, 0.6) is 11.5 Å². The highest BCUT2D eigenvalue weighted by atomic mass is 16.7. The van der Waals surface area contributed by atoms with Crippen LogP contribution in [0.1, 0.15) is 37.5 Å². The van der Waals surface area contributed by atoms with E-state index in [4.69, 9.17) is 9.47 Å². The Morgan fingerprint density at radius 1 is 1.04 bits per heavy atom. The average Bonchev–Trinajstić information content (AvgIpc) is 3.13. The number of carbonyl (C=O) groups is 2. The van der Waals surface area contributed by atoms with Crippen molar-refractivity contribution in [3.63, 3.8) is 0 Å². The molecule has 1 heterocycles. The molecule has 7 nitrogen and oxygen atoms in total. The molecule has 0 unspecified atom stereocenters. The third-order valence-electron chi connectivity index (χ3n) is 4.25. The van der Waals surface area contributed by atoms with Crippen molar-refractivity contribution in [2.24, 2.45) is 5.10 Å². The first-order valence-electron chi connectivity index (χ1n) is 8.93. The quantitative estimate of drug-likeness (QED) is 0.484.